The number of hydrogen-bond donors (Lipinski definition) is 1. The third-order valence-electron chi connectivity index (χ3n) is 3.71. The molecule has 0 spiro atoms. The topological polar surface area (TPSA) is 81.7 Å². The van der Waals surface area contributed by atoms with Gasteiger partial charge >= 0.3 is 11.9 Å². The molecule has 1 aliphatic carbocycles. The van der Waals surface area contributed by atoms with Crippen molar-refractivity contribution >= 4 is 35.1 Å². The number of hydrogen-bond acceptors (Lipinski definition) is 5. The first kappa shape index (κ1) is 18.0. The van der Waals surface area contributed by atoms with Gasteiger partial charge in [-0.15, -0.1) is 0 Å². The van der Waals surface area contributed by atoms with Gasteiger partial charge in [-0.25, -0.2) is 9.59 Å². The van der Waals surface area contributed by atoms with E-state index in [2.05, 4.69) is 14.8 Å². The van der Waals surface area contributed by atoms with Crippen molar-refractivity contribution in [3.63, 3.8) is 0 Å². The molecule has 1 N–H and O–H groups in total. The highest BCUT2D eigenvalue weighted by Gasteiger charge is 2.20. The van der Waals surface area contributed by atoms with Crippen LogP contribution in [-0.2, 0) is 14.3 Å². The molecular weight excluding hydrogens is 334 g/mol. The molecule has 24 heavy (non-hydrogen) atoms. The third kappa shape index (κ3) is 4.14. The van der Waals surface area contributed by atoms with Gasteiger partial charge in [-0.1, -0.05) is 11.6 Å². The van der Waals surface area contributed by atoms with E-state index in [-0.39, 0.29) is 17.0 Å². The molecule has 128 valence electrons. The van der Waals surface area contributed by atoms with Crippen molar-refractivity contribution in [3.05, 3.63) is 39.9 Å². The zero-order valence-electron chi connectivity index (χ0n) is 13.5. The average molecular weight is 352 g/mol. The molecule has 0 saturated carbocycles. The van der Waals surface area contributed by atoms with Crippen LogP contribution in [0.3, 0.4) is 0 Å². The highest BCUT2D eigenvalue weighted by Crippen LogP contribution is 2.28. The highest BCUT2D eigenvalue weighted by molar-refractivity contribution is 6.32. The highest BCUT2D eigenvalue weighted by atomic mass is 35.5. The van der Waals surface area contributed by atoms with Crippen LogP contribution in [0, 0.1) is 0 Å². The number of carbonyl (C=O) groups is 3. The minimum absolute atomic E-state index is 0.138. The van der Waals surface area contributed by atoms with Crippen molar-refractivity contribution in [1.29, 1.82) is 0 Å². The third-order valence-corrected chi connectivity index (χ3v) is 4.12. The molecule has 1 aromatic carbocycles. The van der Waals surface area contributed by atoms with Crippen LogP contribution in [0.15, 0.2) is 28.8 Å². The largest absolute Gasteiger partial charge is 0.465 e. The molecule has 0 atom stereocenters. The van der Waals surface area contributed by atoms with Gasteiger partial charge in [-0.05, 0) is 43.9 Å². The molecule has 7 heteroatoms. The fourth-order valence-electron chi connectivity index (χ4n) is 2.48. The van der Waals surface area contributed by atoms with E-state index < -0.39 is 11.9 Å². The van der Waals surface area contributed by atoms with E-state index in [1.54, 1.807) is 0 Å². The predicted molar refractivity (Wildman–Crippen MR) is 89.1 cm³/mol. The van der Waals surface area contributed by atoms with Gasteiger partial charge in [-0.3, -0.25) is 4.79 Å². The number of methoxy groups -OCH3 is 2. The van der Waals surface area contributed by atoms with Gasteiger partial charge < -0.3 is 14.8 Å². The summed E-state index contributed by atoms with van der Waals surface area (Å²) in [5.74, 6) is -1.57. The lowest BCUT2D eigenvalue weighted by molar-refractivity contribution is -0.113. The van der Waals surface area contributed by atoms with E-state index in [9.17, 15) is 14.4 Å². The maximum atomic E-state index is 12.4. The summed E-state index contributed by atoms with van der Waals surface area (Å²) in [4.78, 5) is 35.9. The molecule has 1 amide bonds. The van der Waals surface area contributed by atoms with Crippen LogP contribution < -0.4 is 5.32 Å². The fourth-order valence-corrected chi connectivity index (χ4v) is 2.80. The number of ether oxygens (including phenoxy) is 2. The molecule has 0 fully saturated rings. The van der Waals surface area contributed by atoms with Crippen molar-refractivity contribution in [2.24, 2.45) is 0 Å². The first-order valence-electron chi connectivity index (χ1n) is 7.47. The summed E-state index contributed by atoms with van der Waals surface area (Å²) >= 11 is 6.12. The number of esters is 2. The molecule has 1 aliphatic rings. The minimum Gasteiger partial charge on any atom is -0.465 e. The van der Waals surface area contributed by atoms with Crippen LogP contribution >= 0.6 is 11.6 Å². The number of rotatable bonds is 4. The Morgan fingerprint density at radius 2 is 1.50 bits per heavy atom. The first-order valence-corrected chi connectivity index (χ1v) is 7.84. The van der Waals surface area contributed by atoms with Gasteiger partial charge in [0.15, 0.2) is 0 Å². The van der Waals surface area contributed by atoms with Gasteiger partial charge in [0, 0.05) is 16.3 Å². The molecule has 0 aromatic heterocycles. The molecular formula is C17H18ClNO5. The molecule has 0 radical (unpaired) electrons. The molecule has 0 saturated heterocycles. The van der Waals surface area contributed by atoms with Crippen LogP contribution in [0.1, 0.15) is 46.4 Å². The molecule has 1 aromatic rings. The predicted octanol–water partition coefficient (Wildman–Crippen LogP) is 3.27. The average Bonchev–Trinajstić information content (AvgIpc) is 2.60. The number of benzene rings is 1. The van der Waals surface area contributed by atoms with E-state index in [0.29, 0.717) is 29.1 Å². The van der Waals surface area contributed by atoms with Gasteiger partial charge in [-0.2, -0.15) is 0 Å². The van der Waals surface area contributed by atoms with Gasteiger partial charge in [0.05, 0.1) is 25.3 Å². The van der Waals surface area contributed by atoms with E-state index >= 15 is 0 Å². The Bertz CT molecular complexity index is 677. The number of halogens is 1. The lowest BCUT2D eigenvalue weighted by atomic mass is 9.98. The lowest BCUT2D eigenvalue weighted by Crippen LogP contribution is -2.18. The maximum Gasteiger partial charge on any atom is 0.337 e. The van der Waals surface area contributed by atoms with Crippen LogP contribution in [-0.4, -0.2) is 32.1 Å². The smallest absolute Gasteiger partial charge is 0.337 e. The van der Waals surface area contributed by atoms with Crippen molar-refractivity contribution in [2.45, 2.75) is 25.7 Å². The Hall–Kier alpha value is -2.34. The molecule has 0 bridgehead atoms. The Labute approximate surface area is 144 Å². The summed E-state index contributed by atoms with van der Waals surface area (Å²) in [6, 6.07) is 4.22. The number of amides is 1. The van der Waals surface area contributed by atoms with Crippen molar-refractivity contribution in [1.82, 2.24) is 0 Å². The summed E-state index contributed by atoms with van der Waals surface area (Å²) in [6.07, 6.45) is 3.14. The quantitative estimate of drug-likeness (QED) is 0.842. The fraction of sp³-hybridized carbons (Fsp3) is 0.353. The zero-order valence-corrected chi connectivity index (χ0v) is 14.2. The monoisotopic (exact) mass is 351 g/mol. The second-order valence-electron chi connectivity index (χ2n) is 5.33. The number of carbonyl (C=O) groups excluding carboxylic acids is 3. The molecule has 6 nitrogen and oxygen atoms in total. The van der Waals surface area contributed by atoms with E-state index in [4.69, 9.17) is 11.6 Å². The lowest BCUT2D eigenvalue weighted by Gasteiger charge is -2.16. The summed E-state index contributed by atoms with van der Waals surface area (Å²) in [5.41, 5.74) is 1.11. The summed E-state index contributed by atoms with van der Waals surface area (Å²) in [7, 11) is 2.47. The van der Waals surface area contributed by atoms with E-state index in [1.165, 1.54) is 32.4 Å². The summed E-state index contributed by atoms with van der Waals surface area (Å²) in [5, 5.41) is 3.24. The minimum atomic E-state index is -0.619. The van der Waals surface area contributed by atoms with Gasteiger partial charge in [0.25, 0.3) is 5.91 Å². The Morgan fingerprint density at radius 1 is 0.958 bits per heavy atom. The first-order chi connectivity index (χ1) is 11.5. The van der Waals surface area contributed by atoms with Crippen LogP contribution in [0.5, 0.6) is 0 Å². The van der Waals surface area contributed by atoms with Crippen molar-refractivity contribution in [3.8, 4) is 0 Å². The van der Waals surface area contributed by atoms with Crippen LogP contribution in [0.2, 0.25) is 0 Å². The molecule has 0 heterocycles. The summed E-state index contributed by atoms with van der Waals surface area (Å²) in [6.45, 7) is 0. The number of nitrogens with one attached hydrogen (secondary N) is 1. The molecule has 0 aliphatic heterocycles. The van der Waals surface area contributed by atoms with E-state index in [1.807, 2.05) is 0 Å². The Morgan fingerprint density at radius 3 is 2.00 bits per heavy atom. The normalized spacial score (nSPS) is 14.1. The maximum absolute atomic E-state index is 12.4. The second-order valence-corrected chi connectivity index (χ2v) is 5.78. The van der Waals surface area contributed by atoms with Gasteiger partial charge in [0.1, 0.15) is 0 Å². The SMILES string of the molecule is COC(=O)c1cc(NC(=O)C2=C(Cl)CCCC2)cc(C(=O)OC)c1. The molecule has 0 unspecified atom stereocenters. The number of allylic oxidation sites excluding steroid dienone is 1. The van der Waals surface area contributed by atoms with Gasteiger partial charge in [0.2, 0.25) is 0 Å². The van der Waals surface area contributed by atoms with Crippen LogP contribution in [0.4, 0.5) is 5.69 Å². The summed E-state index contributed by atoms with van der Waals surface area (Å²) < 4.78 is 9.33. The standard InChI is InChI=1S/C17H18ClNO5/c1-23-16(21)10-7-11(17(22)24-2)9-12(8-10)19-15(20)13-5-3-4-6-14(13)18/h7-9H,3-6H2,1-2H3,(H,19,20). The second kappa shape index (κ2) is 7.97. The molecule has 2 rings (SSSR count). The van der Waals surface area contributed by atoms with Crippen molar-refractivity contribution < 1.29 is 23.9 Å². The Kier molecular flexibility index (Phi) is 5.98. The van der Waals surface area contributed by atoms with Crippen LogP contribution in [0.25, 0.3) is 0 Å². The van der Waals surface area contributed by atoms with E-state index in [0.717, 1.165) is 12.8 Å². The number of anilines is 1. The van der Waals surface area contributed by atoms with Crippen molar-refractivity contribution in [2.75, 3.05) is 19.5 Å². The zero-order chi connectivity index (χ0) is 17.7. The Balaban J connectivity index is 2.33.